The average Bonchev–Trinajstić information content (AvgIpc) is 3.32. The van der Waals surface area contributed by atoms with E-state index in [4.69, 9.17) is 4.99 Å². The van der Waals surface area contributed by atoms with E-state index in [1.807, 2.05) is 0 Å². The van der Waals surface area contributed by atoms with Gasteiger partial charge >= 0.3 is 0 Å². The second-order valence-electron chi connectivity index (χ2n) is 5.57. The number of aliphatic imine (C=N–C) groups is 1. The molecule has 0 aliphatic heterocycles. The van der Waals surface area contributed by atoms with Gasteiger partial charge in [-0.05, 0) is 42.5 Å². The molecule has 0 spiro atoms. The molecule has 3 nitrogen and oxygen atoms in total. The van der Waals surface area contributed by atoms with Crippen molar-refractivity contribution in [2.24, 2.45) is 4.99 Å². The first-order chi connectivity index (χ1) is 10.4. The van der Waals surface area contributed by atoms with Crippen LogP contribution >= 0.6 is 0 Å². The second kappa shape index (κ2) is 6.61. The Morgan fingerprint density at radius 2 is 1.95 bits per heavy atom. The number of hydrogen-bond acceptors (Lipinski definition) is 1. The summed E-state index contributed by atoms with van der Waals surface area (Å²) in [6.07, 6.45) is 3.52. The third kappa shape index (κ3) is 3.75. The molecule has 21 heavy (non-hydrogen) atoms. The van der Waals surface area contributed by atoms with Gasteiger partial charge in [0.2, 0.25) is 0 Å². The summed E-state index contributed by atoms with van der Waals surface area (Å²) in [5.74, 6) is 0.959. The minimum atomic E-state index is 0.639. The van der Waals surface area contributed by atoms with Gasteiger partial charge in [-0.1, -0.05) is 42.5 Å². The van der Waals surface area contributed by atoms with Crippen molar-refractivity contribution in [1.29, 1.82) is 0 Å². The Balaban J connectivity index is 1.67. The first-order valence-corrected chi connectivity index (χ1v) is 7.88. The molecule has 0 atom stereocenters. The predicted molar refractivity (Wildman–Crippen MR) is 89.8 cm³/mol. The van der Waals surface area contributed by atoms with Gasteiger partial charge in [0.1, 0.15) is 0 Å². The SMILES string of the molecule is CCNC(=NCCc1cccc2ccccc12)NC1CC1. The summed E-state index contributed by atoms with van der Waals surface area (Å²) in [5.41, 5.74) is 1.37. The molecule has 3 rings (SSSR count). The molecular formula is C18H23N3. The van der Waals surface area contributed by atoms with E-state index in [1.165, 1.54) is 29.2 Å². The minimum Gasteiger partial charge on any atom is -0.357 e. The van der Waals surface area contributed by atoms with Gasteiger partial charge < -0.3 is 10.6 Å². The summed E-state index contributed by atoms with van der Waals surface area (Å²) in [6.45, 7) is 3.83. The molecule has 2 aromatic carbocycles. The molecule has 0 radical (unpaired) electrons. The summed E-state index contributed by atoms with van der Waals surface area (Å²) in [7, 11) is 0. The van der Waals surface area contributed by atoms with Crippen LogP contribution in [0.3, 0.4) is 0 Å². The van der Waals surface area contributed by atoms with Gasteiger partial charge in [-0.15, -0.1) is 0 Å². The highest BCUT2D eigenvalue weighted by Gasteiger charge is 2.21. The lowest BCUT2D eigenvalue weighted by atomic mass is 10.0. The topological polar surface area (TPSA) is 36.4 Å². The Hall–Kier alpha value is -2.03. The summed E-state index contributed by atoms with van der Waals surface area (Å²) in [5, 5.41) is 9.42. The van der Waals surface area contributed by atoms with Crippen LogP contribution < -0.4 is 10.6 Å². The summed E-state index contributed by atoms with van der Waals surface area (Å²) in [6, 6.07) is 15.7. The van der Waals surface area contributed by atoms with Crippen molar-refractivity contribution in [2.45, 2.75) is 32.2 Å². The van der Waals surface area contributed by atoms with Gasteiger partial charge in [-0.2, -0.15) is 0 Å². The number of nitrogens with zero attached hydrogens (tertiary/aromatic N) is 1. The van der Waals surface area contributed by atoms with Gasteiger partial charge in [-0.3, -0.25) is 4.99 Å². The molecule has 0 aromatic heterocycles. The molecule has 1 aliphatic carbocycles. The first-order valence-electron chi connectivity index (χ1n) is 7.88. The maximum atomic E-state index is 4.69. The lowest BCUT2D eigenvalue weighted by Gasteiger charge is -2.10. The Labute approximate surface area is 126 Å². The van der Waals surface area contributed by atoms with Crippen molar-refractivity contribution in [3.63, 3.8) is 0 Å². The third-order valence-corrected chi connectivity index (χ3v) is 3.79. The van der Waals surface area contributed by atoms with Crippen molar-refractivity contribution in [2.75, 3.05) is 13.1 Å². The molecule has 1 saturated carbocycles. The van der Waals surface area contributed by atoms with Crippen molar-refractivity contribution >= 4 is 16.7 Å². The van der Waals surface area contributed by atoms with E-state index >= 15 is 0 Å². The molecule has 1 aliphatic rings. The molecule has 2 N–H and O–H groups in total. The van der Waals surface area contributed by atoms with Crippen LogP contribution in [0.5, 0.6) is 0 Å². The highest BCUT2D eigenvalue weighted by atomic mass is 15.2. The van der Waals surface area contributed by atoms with E-state index in [9.17, 15) is 0 Å². The molecule has 110 valence electrons. The second-order valence-corrected chi connectivity index (χ2v) is 5.57. The average molecular weight is 281 g/mol. The minimum absolute atomic E-state index is 0.639. The summed E-state index contributed by atoms with van der Waals surface area (Å²) >= 11 is 0. The van der Waals surface area contributed by atoms with E-state index in [0.717, 1.165) is 25.5 Å². The van der Waals surface area contributed by atoms with E-state index in [-0.39, 0.29) is 0 Å². The van der Waals surface area contributed by atoms with Crippen LogP contribution in [-0.2, 0) is 6.42 Å². The zero-order valence-corrected chi connectivity index (χ0v) is 12.6. The smallest absolute Gasteiger partial charge is 0.191 e. The Kier molecular flexibility index (Phi) is 4.39. The molecule has 1 fully saturated rings. The normalized spacial score (nSPS) is 15.2. The number of benzene rings is 2. The molecule has 3 heteroatoms. The van der Waals surface area contributed by atoms with Crippen LogP contribution in [0.1, 0.15) is 25.3 Å². The van der Waals surface area contributed by atoms with E-state index in [2.05, 4.69) is 60.0 Å². The number of hydrogen-bond donors (Lipinski definition) is 2. The highest BCUT2D eigenvalue weighted by molar-refractivity contribution is 5.85. The van der Waals surface area contributed by atoms with Crippen LogP contribution in [0.4, 0.5) is 0 Å². The lowest BCUT2D eigenvalue weighted by Crippen LogP contribution is -2.38. The Morgan fingerprint density at radius 3 is 2.76 bits per heavy atom. The lowest BCUT2D eigenvalue weighted by molar-refractivity contribution is 0.809. The molecule has 0 heterocycles. The monoisotopic (exact) mass is 281 g/mol. The summed E-state index contributed by atoms with van der Waals surface area (Å²) in [4.78, 5) is 4.69. The number of fused-ring (bicyclic) bond motifs is 1. The van der Waals surface area contributed by atoms with E-state index < -0.39 is 0 Å². The maximum Gasteiger partial charge on any atom is 0.191 e. The van der Waals surface area contributed by atoms with Gasteiger partial charge in [0, 0.05) is 19.1 Å². The number of guanidine groups is 1. The fourth-order valence-electron chi connectivity index (χ4n) is 2.54. The van der Waals surface area contributed by atoms with Crippen LogP contribution in [0.25, 0.3) is 10.8 Å². The number of rotatable bonds is 5. The van der Waals surface area contributed by atoms with Crippen molar-refractivity contribution in [3.8, 4) is 0 Å². The van der Waals surface area contributed by atoms with Crippen LogP contribution in [-0.4, -0.2) is 25.1 Å². The Morgan fingerprint density at radius 1 is 1.14 bits per heavy atom. The van der Waals surface area contributed by atoms with E-state index in [1.54, 1.807) is 0 Å². The molecule has 0 amide bonds. The van der Waals surface area contributed by atoms with Gasteiger partial charge in [0.25, 0.3) is 0 Å². The fraction of sp³-hybridized carbons (Fsp3) is 0.389. The quantitative estimate of drug-likeness (QED) is 0.652. The van der Waals surface area contributed by atoms with Crippen molar-refractivity contribution in [1.82, 2.24) is 10.6 Å². The largest absolute Gasteiger partial charge is 0.357 e. The van der Waals surface area contributed by atoms with Gasteiger partial charge in [0.15, 0.2) is 5.96 Å². The zero-order valence-electron chi connectivity index (χ0n) is 12.6. The van der Waals surface area contributed by atoms with Crippen LogP contribution in [0.15, 0.2) is 47.5 Å². The van der Waals surface area contributed by atoms with E-state index in [0.29, 0.717) is 6.04 Å². The fourth-order valence-corrected chi connectivity index (χ4v) is 2.54. The van der Waals surface area contributed by atoms with Crippen molar-refractivity contribution in [3.05, 3.63) is 48.0 Å². The Bertz CT molecular complexity index is 624. The standard InChI is InChI=1S/C18H23N3/c1-2-19-18(21-16-10-11-16)20-13-12-15-8-5-7-14-6-3-4-9-17(14)15/h3-9,16H,2,10-13H2,1H3,(H2,19,20,21). The number of nitrogens with one attached hydrogen (secondary N) is 2. The molecule has 0 saturated heterocycles. The molecule has 0 bridgehead atoms. The van der Waals surface area contributed by atoms with Crippen LogP contribution in [0, 0.1) is 0 Å². The third-order valence-electron chi connectivity index (χ3n) is 3.79. The van der Waals surface area contributed by atoms with Crippen molar-refractivity contribution < 1.29 is 0 Å². The maximum absolute atomic E-state index is 4.69. The van der Waals surface area contributed by atoms with Gasteiger partial charge in [0.05, 0.1) is 0 Å². The van der Waals surface area contributed by atoms with Gasteiger partial charge in [-0.25, -0.2) is 0 Å². The first kappa shape index (κ1) is 13.9. The van der Waals surface area contributed by atoms with Crippen LogP contribution in [0.2, 0.25) is 0 Å². The zero-order chi connectivity index (χ0) is 14.5. The molecular weight excluding hydrogens is 258 g/mol. The summed E-state index contributed by atoms with van der Waals surface area (Å²) < 4.78 is 0. The highest BCUT2D eigenvalue weighted by Crippen LogP contribution is 2.19. The molecule has 2 aromatic rings. The predicted octanol–water partition coefficient (Wildman–Crippen LogP) is 3.10. The molecule has 0 unspecified atom stereocenters.